The molecule has 1 aromatic rings. The van der Waals surface area contributed by atoms with E-state index in [9.17, 15) is 4.79 Å². The highest BCUT2D eigenvalue weighted by atomic mass is 16.5. The summed E-state index contributed by atoms with van der Waals surface area (Å²) in [5, 5.41) is 0. The van der Waals surface area contributed by atoms with E-state index in [0.29, 0.717) is 5.92 Å². The molecule has 0 aromatic heterocycles. The van der Waals surface area contributed by atoms with Gasteiger partial charge in [-0.3, -0.25) is 9.69 Å². The minimum Gasteiger partial charge on any atom is -0.497 e. The molecule has 0 saturated carbocycles. The molecule has 1 unspecified atom stereocenters. The molecule has 0 N–H and O–H groups in total. The summed E-state index contributed by atoms with van der Waals surface area (Å²) in [5.74, 6) is 1.62. The van der Waals surface area contributed by atoms with Gasteiger partial charge in [0.2, 0.25) is 0 Å². The highest BCUT2D eigenvalue weighted by molar-refractivity contribution is 5.94. The third-order valence-corrected chi connectivity index (χ3v) is 5.09. The maximum Gasteiger partial charge on any atom is 0.253 e. The fourth-order valence-corrected chi connectivity index (χ4v) is 3.62. The van der Waals surface area contributed by atoms with Gasteiger partial charge >= 0.3 is 0 Å². The molecule has 1 amide bonds. The van der Waals surface area contributed by atoms with E-state index in [2.05, 4.69) is 4.90 Å². The molecule has 1 atom stereocenters. The van der Waals surface area contributed by atoms with Gasteiger partial charge in [0.25, 0.3) is 5.91 Å². The average Bonchev–Trinajstić information content (AvgIpc) is 2.88. The minimum absolute atomic E-state index is 0.143. The van der Waals surface area contributed by atoms with E-state index in [1.165, 1.54) is 6.42 Å². The third-order valence-electron chi connectivity index (χ3n) is 5.09. The van der Waals surface area contributed by atoms with E-state index < -0.39 is 0 Å². The van der Waals surface area contributed by atoms with E-state index in [-0.39, 0.29) is 5.91 Å². The first-order valence-electron chi connectivity index (χ1n) is 8.99. The Morgan fingerprint density at radius 3 is 2.58 bits per heavy atom. The quantitative estimate of drug-likeness (QED) is 0.848. The maximum atomic E-state index is 12.7. The van der Waals surface area contributed by atoms with Crippen molar-refractivity contribution in [3.63, 3.8) is 0 Å². The van der Waals surface area contributed by atoms with E-state index in [1.807, 2.05) is 29.2 Å². The summed E-state index contributed by atoms with van der Waals surface area (Å²) in [7, 11) is 1.64. The molecule has 5 nitrogen and oxygen atoms in total. The molecule has 2 aliphatic heterocycles. The standard InChI is InChI=1S/C19H28N2O3/c1-23-18-6-4-17(5-7-18)19(22)21-9-2-3-16(8-10-21)15-20-11-13-24-14-12-20/h4-7,16H,2-3,8-15H2,1H3. The summed E-state index contributed by atoms with van der Waals surface area (Å²) in [5.41, 5.74) is 0.752. The van der Waals surface area contributed by atoms with Gasteiger partial charge in [-0.25, -0.2) is 0 Å². The highest BCUT2D eigenvalue weighted by Crippen LogP contribution is 2.21. The first kappa shape index (κ1) is 17.2. The Morgan fingerprint density at radius 1 is 1.12 bits per heavy atom. The molecule has 5 heteroatoms. The predicted molar refractivity (Wildman–Crippen MR) is 93.5 cm³/mol. The number of carbonyl (C=O) groups excluding carboxylic acids is 1. The van der Waals surface area contributed by atoms with Gasteiger partial charge in [-0.15, -0.1) is 0 Å². The Balaban J connectivity index is 1.53. The largest absolute Gasteiger partial charge is 0.497 e. The molecule has 24 heavy (non-hydrogen) atoms. The monoisotopic (exact) mass is 332 g/mol. The zero-order valence-electron chi connectivity index (χ0n) is 14.6. The second-order valence-electron chi connectivity index (χ2n) is 6.73. The van der Waals surface area contributed by atoms with Crippen LogP contribution in [0, 0.1) is 5.92 Å². The Hall–Kier alpha value is -1.59. The third kappa shape index (κ3) is 4.48. The Kier molecular flexibility index (Phi) is 6.10. The molecule has 2 fully saturated rings. The smallest absolute Gasteiger partial charge is 0.253 e. The van der Waals surface area contributed by atoms with Crippen LogP contribution in [-0.2, 0) is 4.74 Å². The number of likely N-dealkylation sites (tertiary alicyclic amines) is 1. The van der Waals surface area contributed by atoms with Gasteiger partial charge < -0.3 is 14.4 Å². The molecule has 1 aromatic carbocycles. The van der Waals surface area contributed by atoms with E-state index in [4.69, 9.17) is 9.47 Å². The lowest BCUT2D eigenvalue weighted by molar-refractivity contribution is 0.0296. The van der Waals surface area contributed by atoms with Crippen LogP contribution in [-0.4, -0.2) is 68.8 Å². The predicted octanol–water partition coefficient (Wildman–Crippen LogP) is 2.27. The summed E-state index contributed by atoms with van der Waals surface area (Å²) in [6.07, 6.45) is 3.40. The van der Waals surface area contributed by atoms with Crippen LogP contribution >= 0.6 is 0 Å². The molecule has 0 radical (unpaired) electrons. The summed E-state index contributed by atoms with van der Waals surface area (Å²) in [6, 6.07) is 7.42. The average molecular weight is 332 g/mol. The van der Waals surface area contributed by atoms with Gasteiger partial charge in [-0.1, -0.05) is 0 Å². The summed E-state index contributed by atoms with van der Waals surface area (Å²) >= 11 is 0. The number of ether oxygens (including phenoxy) is 2. The van der Waals surface area contributed by atoms with E-state index >= 15 is 0 Å². The van der Waals surface area contributed by atoms with E-state index in [1.54, 1.807) is 7.11 Å². The van der Waals surface area contributed by atoms with Gasteiger partial charge in [-0.05, 0) is 49.4 Å². The number of carbonyl (C=O) groups is 1. The summed E-state index contributed by atoms with van der Waals surface area (Å²) in [4.78, 5) is 17.2. The van der Waals surface area contributed by atoms with Crippen LogP contribution in [0.5, 0.6) is 5.75 Å². The van der Waals surface area contributed by atoms with Crippen LogP contribution in [0.2, 0.25) is 0 Å². The lowest BCUT2D eigenvalue weighted by atomic mass is 10.00. The number of rotatable bonds is 4. The van der Waals surface area contributed by atoms with Crippen molar-refractivity contribution in [2.24, 2.45) is 5.92 Å². The molecule has 2 aliphatic rings. The molecule has 0 bridgehead atoms. The van der Waals surface area contributed by atoms with Crippen molar-refractivity contribution in [1.29, 1.82) is 0 Å². The van der Waals surface area contributed by atoms with E-state index in [0.717, 1.165) is 70.1 Å². The van der Waals surface area contributed by atoms with Crippen molar-refractivity contribution in [1.82, 2.24) is 9.80 Å². The molecular weight excluding hydrogens is 304 g/mol. The number of methoxy groups -OCH3 is 1. The number of amides is 1. The fourth-order valence-electron chi connectivity index (χ4n) is 3.62. The molecule has 2 heterocycles. The van der Waals surface area contributed by atoms with Crippen LogP contribution in [0.4, 0.5) is 0 Å². The van der Waals surface area contributed by atoms with Gasteiger partial charge in [0.15, 0.2) is 0 Å². The first-order chi connectivity index (χ1) is 11.8. The molecular formula is C19H28N2O3. The Labute approximate surface area is 144 Å². The van der Waals surface area contributed by atoms with Gasteiger partial charge in [0.1, 0.15) is 5.75 Å². The van der Waals surface area contributed by atoms with Crippen molar-refractivity contribution in [3.05, 3.63) is 29.8 Å². The SMILES string of the molecule is COc1ccc(C(=O)N2CCCC(CN3CCOCC3)CC2)cc1. The first-order valence-corrected chi connectivity index (χ1v) is 8.99. The summed E-state index contributed by atoms with van der Waals surface area (Å²) in [6.45, 7) is 6.68. The lowest BCUT2D eigenvalue weighted by Gasteiger charge is -2.30. The normalized spacial score (nSPS) is 22.9. The van der Waals surface area contributed by atoms with Gasteiger partial charge in [-0.2, -0.15) is 0 Å². The van der Waals surface area contributed by atoms with Crippen molar-refractivity contribution in [2.45, 2.75) is 19.3 Å². The van der Waals surface area contributed by atoms with Crippen molar-refractivity contribution < 1.29 is 14.3 Å². The number of hydrogen-bond donors (Lipinski definition) is 0. The van der Waals surface area contributed by atoms with Gasteiger partial charge in [0, 0.05) is 38.3 Å². The van der Waals surface area contributed by atoms with Crippen molar-refractivity contribution in [2.75, 3.05) is 53.0 Å². The number of nitrogens with zero attached hydrogens (tertiary/aromatic N) is 2. The van der Waals surface area contributed by atoms with Crippen LogP contribution in [0.1, 0.15) is 29.6 Å². The van der Waals surface area contributed by atoms with Crippen molar-refractivity contribution >= 4 is 5.91 Å². The lowest BCUT2D eigenvalue weighted by Crippen LogP contribution is -2.39. The summed E-state index contributed by atoms with van der Waals surface area (Å²) < 4.78 is 10.6. The number of hydrogen-bond acceptors (Lipinski definition) is 4. The molecule has 3 rings (SSSR count). The van der Waals surface area contributed by atoms with Crippen LogP contribution < -0.4 is 4.74 Å². The second kappa shape index (κ2) is 8.49. The molecule has 0 spiro atoms. The van der Waals surface area contributed by atoms with Crippen LogP contribution in [0.15, 0.2) is 24.3 Å². The molecule has 2 saturated heterocycles. The maximum absolute atomic E-state index is 12.7. The molecule has 0 aliphatic carbocycles. The fraction of sp³-hybridized carbons (Fsp3) is 0.632. The van der Waals surface area contributed by atoms with Gasteiger partial charge in [0.05, 0.1) is 20.3 Å². The number of benzene rings is 1. The zero-order chi connectivity index (χ0) is 16.8. The number of morpholine rings is 1. The molecule has 132 valence electrons. The Bertz CT molecular complexity index is 526. The second-order valence-corrected chi connectivity index (χ2v) is 6.73. The Morgan fingerprint density at radius 2 is 1.88 bits per heavy atom. The van der Waals surface area contributed by atoms with Crippen molar-refractivity contribution in [3.8, 4) is 5.75 Å². The van der Waals surface area contributed by atoms with Crippen LogP contribution in [0.25, 0.3) is 0 Å². The zero-order valence-corrected chi connectivity index (χ0v) is 14.6. The van der Waals surface area contributed by atoms with Crippen LogP contribution in [0.3, 0.4) is 0 Å². The topological polar surface area (TPSA) is 42.0 Å². The minimum atomic E-state index is 0.143. The highest BCUT2D eigenvalue weighted by Gasteiger charge is 2.23.